The summed E-state index contributed by atoms with van der Waals surface area (Å²) in [6, 6.07) is 3.47. The summed E-state index contributed by atoms with van der Waals surface area (Å²) in [5.41, 5.74) is 1.75. The Balaban J connectivity index is 2.09. The predicted octanol–water partition coefficient (Wildman–Crippen LogP) is 4.22. The van der Waals surface area contributed by atoms with Gasteiger partial charge < -0.3 is 0 Å². The fourth-order valence-electron chi connectivity index (χ4n) is 3.15. The van der Waals surface area contributed by atoms with Gasteiger partial charge in [0.05, 0.1) is 16.1 Å². The van der Waals surface area contributed by atoms with Crippen LogP contribution in [0.1, 0.15) is 41.4 Å². The predicted molar refractivity (Wildman–Crippen MR) is 108 cm³/mol. The molecule has 0 bridgehead atoms. The van der Waals surface area contributed by atoms with Crippen LogP contribution in [0.15, 0.2) is 29.2 Å². The second-order valence-corrected chi connectivity index (χ2v) is 9.25. The van der Waals surface area contributed by atoms with Crippen molar-refractivity contribution in [2.24, 2.45) is 0 Å². The molecule has 1 aromatic heterocycles. The molecule has 0 aliphatic carbocycles. The van der Waals surface area contributed by atoms with Crippen LogP contribution >= 0.6 is 23.2 Å². The second-order valence-electron chi connectivity index (χ2n) is 6.76. The molecule has 0 saturated heterocycles. The van der Waals surface area contributed by atoms with E-state index in [1.54, 1.807) is 19.9 Å². The van der Waals surface area contributed by atoms with E-state index in [1.807, 2.05) is 6.92 Å². The molecule has 0 unspecified atom stereocenters. The van der Waals surface area contributed by atoms with Gasteiger partial charge in [-0.3, -0.25) is 0 Å². The van der Waals surface area contributed by atoms with E-state index in [1.165, 1.54) is 6.07 Å². The van der Waals surface area contributed by atoms with E-state index in [0.29, 0.717) is 5.56 Å². The number of nitrogens with zero attached hydrogens (tertiary/aromatic N) is 3. The van der Waals surface area contributed by atoms with E-state index in [2.05, 4.69) is 25.3 Å². The number of sulfonamides is 1. The minimum Gasteiger partial charge on any atom is -0.207 e. The lowest BCUT2D eigenvalue weighted by Crippen LogP contribution is -2.34. The molecule has 7 nitrogen and oxygen atoms in total. The molecule has 12 heteroatoms. The Morgan fingerprint density at radius 2 is 1.77 bits per heavy atom. The van der Waals surface area contributed by atoms with Gasteiger partial charge in [-0.05, 0) is 48.7 Å². The summed E-state index contributed by atoms with van der Waals surface area (Å²) in [4.78, 5) is -0.709. The van der Waals surface area contributed by atoms with Crippen molar-refractivity contribution in [3.8, 4) is 0 Å². The summed E-state index contributed by atoms with van der Waals surface area (Å²) in [6.07, 6.45) is 0. The molecular formula is C18H17Cl2F2N5O2S. The molecule has 0 fully saturated rings. The lowest BCUT2D eigenvalue weighted by molar-refractivity contribution is 0.475. The van der Waals surface area contributed by atoms with Gasteiger partial charge in [-0.15, -0.1) is 10.2 Å². The maximum atomic E-state index is 14.7. The van der Waals surface area contributed by atoms with Gasteiger partial charge in [0.1, 0.15) is 16.5 Å². The van der Waals surface area contributed by atoms with Crippen LogP contribution in [0.25, 0.3) is 0 Å². The Bertz CT molecular complexity index is 1190. The molecular weight excluding hydrogens is 459 g/mol. The molecule has 2 aromatic carbocycles. The van der Waals surface area contributed by atoms with Gasteiger partial charge in [0.2, 0.25) is 10.0 Å². The summed E-state index contributed by atoms with van der Waals surface area (Å²) >= 11 is 11.6. The van der Waals surface area contributed by atoms with Crippen molar-refractivity contribution in [1.82, 2.24) is 25.3 Å². The first-order chi connectivity index (χ1) is 14.0. The highest BCUT2D eigenvalue weighted by molar-refractivity contribution is 7.89. The first-order valence-corrected chi connectivity index (χ1v) is 10.9. The average Bonchev–Trinajstić information content (AvgIpc) is 3.20. The Kier molecular flexibility index (Phi) is 6.42. The number of benzene rings is 2. The fourth-order valence-corrected chi connectivity index (χ4v) is 4.89. The van der Waals surface area contributed by atoms with Gasteiger partial charge in [-0.2, -0.15) is 9.94 Å². The summed E-state index contributed by atoms with van der Waals surface area (Å²) in [7, 11) is -4.46. The average molecular weight is 476 g/mol. The fraction of sp³-hybridized carbons (Fsp3) is 0.278. The number of aromatic nitrogens is 4. The monoisotopic (exact) mass is 475 g/mol. The number of rotatable bonds is 6. The minimum atomic E-state index is -4.46. The number of aromatic amines is 1. The van der Waals surface area contributed by atoms with Crippen LogP contribution in [0.2, 0.25) is 10.0 Å². The van der Waals surface area contributed by atoms with Crippen LogP contribution in [0.3, 0.4) is 0 Å². The van der Waals surface area contributed by atoms with E-state index in [-0.39, 0.29) is 21.4 Å². The Hall–Kier alpha value is -2.14. The van der Waals surface area contributed by atoms with Crippen LogP contribution in [0.4, 0.5) is 8.78 Å². The van der Waals surface area contributed by atoms with E-state index < -0.39 is 38.5 Å². The highest BCUT2D eigenvalue weighted by atomic mass is 35.5. The molecule has 0 aliphatic rings. The molecule has 0 saturated carbocycles. The molecule has 3 aromatic rings. The third-order valence-corrected chi connectivity index (χ3v) is 7.05. The Morgan fingerprint density at radius 1 is 1.10 bits per heavy atom. The lowest BCUT2D eigenvalue weighted by Gasteiger charge is -2.25. The van der Waals surface area contributed by atoms with E-state index in [9.17, 15) is 17.2 Å². The topological polar surface area (TPSA) is 101 Å². The van der Waals surface area contributed by atoms with Crippen molar-refractivity contribution in [2.45, 2.75) is 37.6 Å². The summed E-state index contributed by atoms with van der Waals surface area (Å²) in [5.74, 6) is -2.40. The summed E-state index contributed by atoms with van der Waals surface area (Å²) < 4.78 is 57.3. The van der Waals surface area contributed by atoms with E-state index in [4.69, 9.17) is 23.2 Å². The van der Waals surface area contributed by atoms with Gasteiger partial charge in [-0.1, -0.05) is 41.4 Å². The third-order valence-electron chi connectivity index (χ3n) is 4.87. The number of nitrogens with one attached hydrogen (secondary N) is 2. The number of aryl methyl sites for hydroxylation is 1. The molecule has 2 N–H and O–H groups in total. The van der Waals surface area contributed by atoms with Crippen molar-refractivity contribution in [3.05, 3.63) is 68.5 Å². The normalized spacial score (nSPS) is 14.0. The summed E-state index contributed by atoms with van der Waals surface area (Å²) in [6.45, 7) is 5.15. The minimum absolute atomic E-state index is 0.0353. The van der Waals surface area contributed by atoms with E-state index >= 15 is 0 Å². The maximum Gasteiger partial charge on any atom is 0.244 e. The van der Waals surface area contributed by atoms with Crippen LogP contribution in [-0.4, -0.2) is 29.0 Å². The number of hydrogen-bond donors (Lipinski definition) is 2. The smallest absolute Gasteiger partial charge is 0.207 e. The molecule has 0 aliphatic heterocycles. The van der Waals surface area contributed by atoms with Gasteiger partial charge >= 0.3 is 0 Å². The van der Waals surface area contributed by atoms with Crippen LogP contribution in [-0.2, 0) is 10.0 Å². The number of hydrogen-bond acceptors (Lipinski definition) is 5. The van der Waals surface area contributed by atoms with Crippen LogP contribution in [0, 0.1) is 25.5 Å². The lowest BCUT2D eigenvalue weighted by atomic mass is 9.88. The molecule has 3 rings (SSSR count). The van der Waals surface area contributed by atoms with Crippen molar-refractivity contribution in [1.29, 1.82) is 0 Å². The quantitative estimate of drug-likeness (QED) is 0.519. The van der Waals surface area contributed by atoms with Gasteiger partial charge in [0, 0.05) is 5.92 Å². The number of H-pyrrole nitrogens is 1. The first-order valence-electron chi connectivity index (χ1n) is 8.68. The molecule has 0 radical (unpaired) electrons. The van der Waals surface area contributed by atoms with Gasteiger partial charge in [-0.25, -0.2) is 17.2 Å². The van der Waals surface area contributed by atoms with Crippen molar-refractivity contribution < 1.29 is 17.2 Å². The third kappa shape index (κ3) is 4.31. The van der Waals surface area contributed by atoms with Gasteiger partial charge in [0.15, 0.2) is 5.82 Å². The molecule has 0 spiro atoms. The van der Waals surface area contributed by atoms with Crippen molar-refractivity contribution in [2.75, 3.05) is 0 Å². The zero-order valence-corrected chi connectivity index (χ0v) is 18.4. The summed E-state index contributed by atoms with van der Waals surface area (Å²) in [5, 5.41) is 13.1. The number of halogens is 4. The second kappa shape index (κ2) is 8.54. The Labute approximate surface area is 181 Å². The SMILES string of the molecule is Cc1ccc(F)c([C@@H](C)[C@H](NS(=O)(=O)c2cc(Cl)c(Cl)cc2F)c2nn[nH]n2)c1C. The van der Waals surface area contributed by atoms with Crippen LogP contribution in [0.5, 0.6) is 0 Å². The van der Waals surface area contributed by atoms with Crippen molar-refractivity contribution >= 4 is 33.2 Å². The zero-order valence-electron chi connectivity index (χ0n) is 16.0. The van der Waals surface area contributed by atoms with Crippen molar-refractivity contribution in [3.63, 3.8) is 0 Å². The molecule has 2 atom stereocenters. The van der Waals surface area contributed by atoms with E-state index in [0.717, 1.165) is 17.7 Å². The highest BCUT2D eigenvalue weighted by Gasteiger charge is 2.33. The highest BCUT2D eigenvalue weighted by Crippen LogP contribution is 2.35. The first kappa shape index (κ1) is 22.5. The molecule has 160 valence electrons. The molecule has 1 heterocycles. The zero-order chi connectivity index (χ0) is 22.2. The van der Waals surface area contributed by atoms with Gasteiger partial charge in [0.25, 0.3) is 0 Å². The number of tetrazole rings is 1. The van der Waals surface area contributed by atoms with Crippen LogP contribution < -0.4 is 4.72 Å². The largest absolute Gasteiger partial charge is 0.244 e. The standard InChI is InChI=1S/C18H17Cl2F2N5O2S/c1-8-4-5-13(21)16(9(8)2)10(3)17(18-23-26-27-24-18)25-30(28,29)15-7-12(20)11(19)6-14(15)22/h4-7,10,17,25H,1-3H3,(H,23,24,26,27)/t10-,17+/m1/s1. The maximum absolute atomic E-state index is 14.7. The molecule has 0 amide bonds. The molecule has 30 heavy (non-hydrogen) atoms. The Morgan fingerprint density at radius 3 is 2.40 bits per heavy atom.